The van der Waals surface area contributed by atoms with Gasteiger partial charge in [-0.2, -0.15) is 0 Å². The van der Waals surface area contributed by atoms with Crippen molar-refractivity contribution in [3.8, 4) is 0 Å². The highest BCUT2D eigenvalue weighted by molar-refractivity contribution is 5.77. The maximum atomic E-state index is 14.0. The third-order valence-corrected chi connectivity index (χ3v) is 6.30. The van der Waals surface area contributed by atoms with Crippen LogP contribution in [0.4, 0.5) is 10.1 Å². The molecular formula is C23H35FN4O3. The molecule has 0 saturated carbocycles. The second-order valence-corrected chi connectivity index (χ2v) is 8.74. The van der Waals surface area contributed by atoms with Crippen molar-refractivity contribution >= 4 is 17.5 Å². The highest BCUT2D eigenvalue weighted by atomic mass is 19.1. The van der Waals surface area contributed by atoms with Crippen LogP contribution in [0.2, 0.25) is 0 Å². The number of anilines is 1. The first-order valence-corrected chi connectivity index (χ1v) is 11.2. The van der Waals surface area contributed by atoms with Crippen LogP contribution in [-0.2, 0) is 14.3 Å². The lowest BCUT2D eigenvalue weighted by Gasteiger charge is -2.37. The zero-order valence-corrected chi connectivity index (χ0v) is 18.8. The number of carbonyl (C=O) groups excluding carboxylic acids is 2. The van der Waals surface area contributed by atoms with E-state index in [1.54, 1.807) is 12.1 Å². The van der Waals surface area contributed by atoms with E-state index in [9.17, 15) is 14.0 Å². The number of nitrogens with one attached hydrogen (secondary N) is 1. The van der Waals surface area contributed by atoms with Gasteiger partial charge in [0.25, 0.3) is 0 Å². The highest BCUT2D eigenvalue weighted by Crippen LogP contribution is 2.25. The van der Waals surface area contributed by atoms with Gasteiger partial charge in [-0.05, 0) is 45.9 Å². The standard InChI is InChI=1S/C23H35FN4O3/c1-17(2)31-16-22(29)25-15-19-9-8-18(26(19)3)14-23(30)28-12-10-27(11-13-28)21-7-5-4-6-20(21)24/h4-7,17-19H,8-16H2,1-3H3,(H,25,29)/t18-,19+/m1/s1. The van der Waals surface area contributed by atoms with Crippen molar-refractivity contribution in [3.63, 3.8) is 0 Å². The van der Waals surface area contributed by atoms with Crippen LogP contribution in [-0.4, -0.2) is 86.2 Å². The molecule has 8 heteroatoms. The van der Waals surface area contributed by atoms with E-state index in [2.05, 4.69) is 10.2 Å². The number of halogens is 1. The molecule has 172 valence electrons. The summed E-state index contributed by atoms with van der Waals surface area (Å²) < 4.78 is 19.3. The fourth-order valence-corrected chi connectivity index (χ4v) is 4.34. The Morgan fingerprint density at radius 3 is 2.48 bits per heavy atom. The van der Waals surface area contributed by atoms with Gasteiger partial charge < -0.3 is 19.9 Å². The number of para-hydroxylation sites is 1. The van der Waals surface area contributed by atoms with Crippen LogP contribution < -0.4 is 10.2 Å². The maximum absolute atomic E-state index is 14.0. The number of carbonyl (C=O) groups is 2. The van der Waals surface area contributed by atoms with Gasteiger partial charge >= 0.3 is 0 Å². The first-order valence-electron chi connectivity index (χ1n) is 11.2. The average Bonchev–Trinajstić information content (AvgIpc) is 3.10. The largest absolute Gasteiger partial charge is 0.369 e. The number of ether oxygens (including phenoxy) is 1. The Hall–Kier alpha value is -2.19. The quantitative estimate of drug-likeness (QED) is 0.677. The van der Waals surface area contributed by atoms with Crippen LogP contribution in [0.5, 0.6) is 0 Å². The Morgan fingerprint density at radius 1 is 1.13 bits per heavy atom. The van der Waals surface area contributed by atoms with Gasteiger partial charge in [0.1, 0.15) is 12.4 Å². The number of piperazine rings is 1. The molecule has 2 amide bonds. The third kappa shape index (κ3) is 6.40. The summed E-state index contributed by atoms with van der Waals surface area (Å²) in [6.07, 6.45) is 2.42. The van der Waals surface area contributed by atoms with E-state index in [-0.39, 0.29) is 42.4 Å². The van der Waals surface area contributed by atoms with Crippen LogP contribution in [0.25, 0.3) is 0 Å². The number of nitrogens with zero attached hydrogens (tertiary/aromatic N) is 3. The van der Waals surface area contributed by atoms with Crippen molar-refractivity contribution < 1.29 is 18.7 Å². The molecule has 0 spiro atoms. The van der Waals surface area contributed by atoms with Crippen molar-refractivity contribution in [1.82, 2.24) is 15.1 Å². The number of likely N-dealkylation sites (tertiary alicyclic amines) is 1. The van der Waals surface area contributed by atoms with Crippen LogP contribution >= 0.6 is 0 Å². The molecule has 31 heavy (non-hydrogen) atoms. The first kappa shape index (κ1) is 23.5. The molecular weight excluding hydrogens is 399 g/mol. The molecule has 3 rings (SSSR count). The smallest absolute Gasteiger partial charge is 0.246 e. The Balaban J connectivity index is 1.41. The molecule has 2 aliphatic heterocycles. The lowest BCUT2D eigenvalue weighted by atomic mass is 10.1. The minimum atomic E-state index is -0.219. The van der Waals surface area contributed by atoms with E-state index in [0.717, 1.165) is 12.8 Å². The first-order chi connectivity index (χ1) is 14.8. The minimum absolute atomic E-state index is 0.0314. The van der Waals surface area contributed by atoms with E-state index >= 15 is 0 Å². The predicted octanol–water partition coefficient (Wildman–Crippen LogP) is 1.87. The summed E-state index contributed by atoms with van der Waals surface area (Å²) in [6, 6.07) is 7.20. The van der Waals surface area contributed by atoms with E-state index in [4.69, 9.17) is 4.74 Å². The molecule has 0 unspecified atom stereocenters. The predicted molar refractivity (Wildman–Crippen MR) is 118 cm³/mol. The van der Waals surface area contributed by atoms with Gasteiger partial charge in [-0.15, -0.1) is 0 Å². The zero-order valence-electron chi connectivity index (χ0n) is 18.8. The summed E-state index contributed by atoms with van der Waals surface area (Å²) in [5, 5.41) is 2.94. The van der Waals surface area contributed by atoms with E-state index in [1.165, 1.54) is 6.07 Å². The van der Waals surface area contributed by atoms with Gasteiger partial charge in [0.05, 0.1) is 11.8 Å². The fourth-order valence-electron chi connectivity index (χ4n) is 4.34. The molecule has 0 aromatic heterocycles. The molecule has 0 bridgehead atoms. The number of amides is 2. The van der Waals surface area contributed by atoms with E-state index < -0.39 is 0 Å². The third-order valence-electron chi connectivity index (χ3n) is 6.30. The minimum Gasteiger partial charge on any atom is -0.369 e. The Bertz CT molecular complexity index is 752. The SMILES string of the molecule is CC(C)OCC(=O)NC[C@@H]1CC[C@H](CC(=O)N2CCN(c3ccccc3F)CC2)N1C. The normalized spacial score (nSPS) is 22.2. The van der Waals surface area contributed by atoms with E-state index in [0.29, 0.717) is 44.8 Å². The van der Waals surface area contributed by atoms with Gasteiger partial charge in [-0.3, -0.25) is 14.5 Å². The summed E-state index contributed by atoms with van der Waals surface area (Å²) in [5.41, 5.74) is 0.605. The molecule has 2 aliphatic rings. The monoisotopic (exact) mass is 434 g/mol. The second-order valence-electron chi connectivity index (χ2n) is 8.74. The van der Waals surface area contributed by atoms with Gasteiger partial charge in [0, 0.05) is 51.2 Å². The number of rotatable bonds is 8. The van der Waals surface area contributed by atoms with Crippen molar-refractivity contribution in [3.05, 3.63) is 30.1 Å². The molecule has 0 radical (unpaired) electrons. The Morgan fingerprint density at radius 2 is 1.81 bits per heavy atom. The second kappa shape index (κ2) is 10.9. The summed E-state index contributed by atoms with van der Waals surface area (Å²) >= 11 is 0. The lowest BCUT2D eigenvalue weighted by molar-refractivity contribution is -0.132. The summed E-state index contributed by atoms with van der Waals surface area (Å²) in [5.74, 6) is -0.168. The lowest BCUT2D eigenvalue weighted by Crippen LogP contribution is -2.50. The molecule has 2 saturated heterocycles. The number of benzene rings is 1. The molecule has 7 nitrogen and oxygen atoms in total. The number of hydrogen-bond donors (Lipinski definition) is 1. The van der Waals surface area contributed by atoms with E-state index in [1.807, 2.05) is 36.8 Å². The van der Waals surface area contributed by atoms with Crippen molar-refractivity contribution in [2.45, 2.75) is 51.3 Å². The van der Waals surface area contributed by atoms with Crippen molar-refractivity contribution in [2.24, 2.45) is 0 Å². The van der Waals surface area contributed by atoms with Gasteiger partial charge in [-0.1, -0.05) is 12.1 Å². The van der Waals surface area contributed by atoms with Crippen LogP contribution in [0.15, 0.2) is 24.3 Å². The fraction of sp³-hybridized carbons (Fsp3) is 0.652. The number of likely N-dealkylation sites (N-methyl/N-ethyl adjacent to an activating group) is 1. The molecule has 2 atom stereocenters. The average molecular weight is 435 g/mol. The topological polar surface area (TPSA) is 65.1 Å². The molecule has 0 aliphatic carbocycles. The summed E-state index contributed by atoms with van der Waals surface area (Å²) in [6.45, 7) is 6.95. The molecule has 1 N–H and O–H groups in total. The van der Waals surface area contributed by atoms with Crippen molar-refractivity contribution in [2.75, 3.05) is 51.3 Å². The van der Waals surface area contributed by atoms with Crippen LogP contribution in [0.3, 0.4) is 0 Å². The molecule has 1 aromatic rings. The van der Waals surface area contributed by atoms with Gasteiger partial charge in [0.15, 0.2) is 0 Å². The molecule has 2 fully saturated rings. The zero-order chi connectivity index (χ0) is 22.4. The highest BCUT2D eigenvalue weighted by Gasteiger charge is 2.33. The Labute approximate surface area is 184 Å². The summed E-state index contributed by atoms with van der Waals surface area (Å²) in [4.78, 5) is 30.9. The van der Waals surface area contributed by atoms with Gasteiger partial charge in [-0.25, -0.2) is 4.39 Å². The van der Waals surface area contributed by atoms with Gasteiger partial charge in [0.2, 0.25) is 11.8 Å². The summed E-state index contributed by atoms with van der Waals surface area (Å²) in [7, 11) is 2.03. The van der Waals surface area contributed by atoms with Crippen LogP contribution in [0.1, 0.15) is 33.1 Å². The van der Waals surface area contributed by atoms with Crippen LogP contribution in [0, 0.1) is 5.82 Å². The molecule has 1 aromatic carbocycles. The maximum Gasteiger partial charge on any atom is 0.246 e. The van der Waals surface area contributed by atoms with Crippen molar-refractivity contribution in [1.29, 1.82) is 0 Å². The molecule has 2 heterocycles. The number of hydrogen-bond acceptors (Lipinski definition) is 5. The Kier molecular flexibility index (Phi) is 8.26.